The van der Waals surface area contributed by atoms with Crippen molar-refractivity contribution in [3.8, 4) is 0 Å². The summed E-state index contributed by atoms with van der Waals surface area (Å²) in [5, 5.41) is 6.46. The van der Waals surface area contributed by atoms with E-state index in [-0.39, 0.29) is 12.5 Å². The van der Waals surface area contributed by atoms with E-state index < -0.39 is 18.5 Å². The molecule has 1 heterocycles. The molecular formula is C20H21ClN2O4S. The van der Waals surface area contributed by atoms with Crippen LogP contribution in [0.1, 0.15) is 46.1 Å². The van der Waals surface area contributed by atoms with Crippen LogP contribution in [0.25, 0.3) is 0 Å². The van der Waals surface area contributed by atoms with Crippen molar-refractivity contribution in [2.75, 3.05) is 11.9 Å². The largest absolute Gasteiger partial charge is 0.452 e. The topological polar surface area (TPSA) is 84.5 Å². The van der Waals surface area contributed by atoms with Crippen LogP contribution in [-0.4, -0.2) is 24.4 Å². The molecule has 1 aromatic heterocycles. The third-order valence-corrected chi connectivity index (χ3v) is 6.01. The van der Waals surface area contributed by atoms with Gasteiger partial charge in [-0.2, -0.15) is 0 Å². The van der Waals surface area contributed by atoms with Crippen LogP contribution in [0.3, 0.4) is 0 Å². The van der Waals surface area contributed by atoms with Crippen molar-refractivity contribution in [2.24, 2.45) is 0 Å². The molecular weight excluding hydrogens is 400 g/mol. The minimum atomic E-state index is -0.587. The molecule has 0 spiro atoms. The first-order chi connectivity index (χ1) is 13.5. The molecule has 0 fully saturated rings. The van der Waals surface area contributed by atoms with Crippen LogP contribution in [0.4, 0.5) is 5.00 Å². The number of carbonyl (C=O) groups is 3. The van der Waals surface area contributed by atoms with Gasteiger partial charge in [0.1, 0.15) is 5.00 Å². The van der Waals surface area contributed by atoms with E-state index in [1.54, 1.807) is 6.07 Å². The third kappa shape index (κ3) is 4.91. The van der Waals surface area contributed by atoms with Crippen LogP contribution in [0.5, 0.6) is 0 Å². The molecule has 0 saturated carbocycles. The first-order valence-corrected chi connectivity index (χ1v) is 10.2. The number of thiophene rings is 1. The molecule has 0 atom stereocenters. The van der Waals surface area contributed by atoms with Gasteiger partial charge in [-0.3, -0.25) is 9.59 Å². The van der Waals surface area contributed by atoms with Crippen molar-refractivity contribution in [1.29, 1.82) is 0 Å². The predicted molar refractivity (Wildman–Crippen MR) is 109 cm³/mol. The van der Waals surface area contributed by atoms with E-state index in [1.807, 2.05) is 18.2 Å². The van der Waals surface area contributed by atoms with Crippen molar-refractivity contribution in [1.82, 2.24) is 5.32 Å². The fraction of sp³-hybridized carbons (Fsp3) is 0.350. The molecule has 0 radical (unpaired) electrons. The summed E-state index contributed by atoms with van der Waals surface area (Å²) < 4.78 is 5.23. The Labute approximate surface area is 172 Å². The highest BCUT2D eigenvalue weighted by molar-refractivity contribution is 7.17. The summed E-state index contributed by atoms with van der Waals surface area (Å²) in [5.41, 5.74) is 2.10. The highest BCUT2D eigenvalue weighted by atomic mass is 35.5. The second-order valence-electron chi connectivity index (χ2n) is 6.54. The van der Waals surface area contributed by atoms with Gasteiger partial charge in [0.15, 0.2) is 6.61 Å². The van der Waals surface area contributed by atoms with Gasteiger partial charge in [0.25, 0.3) is 5.91 Å². The number of aryl methyl sites for hydroxylation is 1. The maximum absolute atomic E-state index is 12.6. The fourth-order valence-electron chi connectivity index (χ4n) is 3.12. The highest BCUT2D eigenvalue weighted by Gasteiger charge is 2.27. The summed E-state index contributed by atoms with van der Waals surface area (Å²) in [6.45, 7) is 1.25. The van der Waals surface area contributed by atoms with Gasteiger partial charge >= 0.3 is 5.97 Å². The average Bonchev–Trinajstić information content (AvgIpc) is 3.02. The fourth-order valence-corrected chi connectivity index (χ4v) is 4.65. The van der Waals surface area contributed by atoms with E-state index >= 15 is 0 Å². The van der Waals surface area contributed by atoms with Crippen molar-refractivity contribution in [2.45, 2.75) is 39.2 Å². The van der Waals surface area contributed by atoms with Gasteiger partial charge in [0, 0.05) is 23.4 Å². The Bertz CT molecular complexity index is 910. The number of anilines is 1. The Hall–Kier alpha value is -2.38. The van der Waals surface area contributed by atoms with Crippen molar-refractivity contribution >= 4 is 45.7 Å². The molecule has 0 bridgehead atoms. The van der Waals surface area contributed by atoms with Gasteiger partial charge in [0.05, 0.1) is 5.56 Å². The minimum absolute atomic E-state index is 0.245. The summed E-state index contributed by atoms with van der Waals surface area (Å²) in [4.78, 5) is 37.3. The number of nitrogens with one attached hydrogen (secondary N) is 2. The third-order valence-electron chi connectivity index (χ3n) is 4.43. The normalized spacial score (nSPS) is 12.8. The number of amides is 2. The average molecular weight is 421 g/mol. The Morgan fingerprint density at radius 2 is 1.93 bits per heavy atom. The van der Waals surface area contributed by atoms with E-state index in [1.165, 1.54) is 18.3 Å². The molecule has 1 aromatic carbocycles. The molecule has 148 valence electrons. The van der Waals surface area contributed by atoms with Gasteiger partial charge in [-0.25, -0.2) is 4.79 Å². The van der Waals surface area contributed by atoms with Crippen molar-refractivity contribution in [3.63, 3.8) is 0 Å². The van der Waals surface area contributed by atoms with Gasteiger partial charge in [0.2, 0.25) is 5.91 Å². The SMILES string of the molecule is CC(=O)Nc1sc2c(c1C(=O)OCC(=O)NCc1ccccc1Cl)CCCC2. The number of halogens is 1. The smallest absolute Gasteiger partial charge is 0.341 e. The molecule has 0 saturated heterocycles. The number of benzene rings is 1. The van der Waals surface area contributed by atoms with Crippen LogP contribution >= 0.6 is 22.9 Å². The molecule has 2 N–H and O–H groups in total. The lowest BCUT2D eigenvalue weighted by Gasteiger charge is -2.13. The molecule has 1 aliphatic carbocycles. The van der Waals surface area contributed by atoms with E-state index in [0.717, 1.165) is 41.7 Å². The lowest BCUT2D eigenvalue weighted by atomic mass is 9.95. The second-order valence-corrected chi connectivity index (χ2v) is 8.05. The van der Waals surface area contributed by atoms with Crippen LogP contribution in [0.15, 0.2) is 24.3 Å². The Balaban J connectivity index is 1.63. The molecule has 2 aromatic rings. The van der Waals surface area contributed by atoms with E-state index in [0.29, 0.717) is 15.6 Å². The molecule has 1 aliphatic rings. The second kappa shape index (κ2) is 9.21. The zero-order valence-electron chi connectivity index (χ0n) is 15.5. The molecule has 8 heteroatoms. The monoisotopic (exact) mass is 420 g/mol. The molecule has 0 aliphatic heterocycles. The molecule has 0 unspecified atom stereocenters. The summed E-state index contributed by atoms with van der Waals surface area (Å²) in [5.74, 6) is -1.25. The summed E-state index contributed by atoms with van der Waals surface area (Å²) in [7, 11) is 0. The number of hydrogen-bond acceptors (Lipinski definition) is 5. The zero-order valence-corrected chi connectivity index (χ0v) is 17.0. The Kier molecular flexibility index (Phi) is 6.70. The van der Waals surface area contributed by atoms with Gasteiger partial charge < -0.3 is 15.4 Å². The predicted octanol–water partition coefficient (Wildman–Crippen LogP) is 3.71. The number of esters is 1. The van der Waals surface area contributed by atoms with Crippen LogP contribution in [-0.2, 0) is 33.7 Å². The first-order valence-electron chi connectivity index (χ1n) is 9.05. The number of carbonyl (C=O) groups excluding carboxylic acids is 3. The quantitative estimate of drug-likeness (QED) is 0.697. The van der Waals surface area contributed by atoms with Gasteiger partial charge in [-0.15, -0.1) is 11.3 Å². The van der Waals surface area contributed by atoms with Crippen molar-refractivity contribution < 1.29 is 19.1 Å². The van der Waals surface area contributed by atoms with E-state index in [4.69, 9.17) is 16.3 Å². The van der Waals surface area contributed by atoms with E-state index in [2.05, 4.69) is 10.6 Å². The molecule has 2 amide bonds. The molecule has 6 nitrogen and oxygen atoms in total. The summed E-state index contributed by atoms with van der Waals surface area (Å²) in [6, 6.07) is 7.19. The number of ether oxygens (including phenoxy) is 1. The minimum Gasteiger partial charge on any atom is -0.452 e. The maximum atomic E-state index is 12.6. The van der Waals surface area contributed by atoms with Gasteiger partial charge in [-0.1, -0.05) is 29.8 Å². The van der Waals surface area contributed by atoms with Crippen LogP contribution in [0.2, 0.25) is 5.02 Å². The lowest BCUT2D eigenvalue weighted by Crippen LogP contribution is -2.28. The molecule has 28 heavy (non-hydrogen) atoms. The number of rotatable bonds is 6. The lowest BCUT2D eigenvalue weighted by molar-refractivity contribution is -0.124. The van der Waals surface area contributed by atoms with Crippen LogP contribution < -0.4 is 10.6 Å². The Morgan fingerprint density at radius 3 is 2.68 bits per heavy atom. The number of fused-ring (bicyclic) bond motifs is 1. The van der Waals surface area contributed by atoms with E-state index in [9.17, 15) is 14.4 Å². The standard InChI is InChI=1S/C20H21ClN2O4S/c1-12(24)23-19-18(14-7-3-5-9-16(14)28-19)20(26)27-11-17(25)22-10-13-6-2-4-8-15(13)21/h2,4,6,8H,3,5,7,9-11H2,1H3,(H,22,25)(H,23,24). The summed E-state index contributed by atoms with van der Waals surface area (Å²) in [6.07, 6.45) is 3.71. The van der Waals surface area contributed by atoms with Crippen LogP contribution in [0, 0.1) is 0 Å². The highest BCUT2D eigenvalue weighted by Crippen LogP contribution is 2.38. The maximum Gasteiger partial charge on any atom is 0.341 e. The molecule has 3 rings (SSSR count). The number of hydrogen-bond donors (Lipinski definition) is 2. The first kappa shape index (κ1) is 20.4. The Morgan fingerprint density at radius 1 is 1.18 bits per heavy atom. The van der Waals surface area contributed by atoms with Gasteiger partial charge in [-0.05, 0) is 42.9 Å². The van der Waals surface area contributed by atoms with Crippen molar-refractivity contribution in [3.05, 3.63) is 50.9 Å². The summed E-state index contributed by atoms with van der Waals surface area (Å²) >= 11 is 7.47. The zero-order chi connectivity index (χ0) is 20.1.